The van der Waals surface area contributed by atoms with Crippen molar-refractivity contribution >= 4 is 40.0 Å². The second-order valence-electron chi connectivity index (χ2n) is 2.39. The Labute approximate surface area is 76.6 Å². The Hall–Kier alpha value is 0.400. The topological polar surface area (TPSA) is 17.1 Å². The van der Waals surface area contributed by atoms with Gasteiger partial charge in [-0.15, -0.1) is 0 Å². The monoisotopic (exact) mass is 222 g/mol. The highest BCUT2D eigenvalue weighted by atomic mass is 35.5. The molecule has 11 heavy (non-hydrogen) atoms. The zero-order valence-corrected chi connectivity index (χ0v) is 7.35. The van der Waals surface area contributed by atoms with Gasteiger partial charge in [-0.25, -0.2) is 8.78 Å². The minimum Gasteiger partial charge on any atom is -0.281 e. The average Bonchev–Trinajstić information content (AvgIpc) is 1.82. The van der Waals surface area contributed by atoms with E-state index < -0.39 is 27.8 Å². The molecule has 1 atom stereocenters. The van der Waals surface area contributed by atoms with Gasteiger partial charge in [0, 0.05) is 6.42 Å². The zero-order chi connectivity index (χ0) is 8.86. The molecule has 1 nitrogen and oxygen atoms in total. The van der Waals surface area contributed by atoms with Gasteiger partial charge in [-0.05, 0) is 11.6 Å². The number of carbonyl (C=O) groups excluding carboxylic acids is 1. The minimum atomic E-state index is -3.20. The first kappa shape index (κ1) is 9.49. The predicted octanol–water partition coefficient (Wildman–Crippen LogP) is 2.58. The normalized spacial score (nSPS) is 32.6. The van der Waals surface area contributed by atoms with E-state index in [0.717, 1.165) is 0 Å². The molecule has 0 aromatic rings. The number of alkyl halides is 4. The lowest BCUT2D eigenvalue weighted by molar-refractivity contribution is -0.145. The first-order valence-corrected chi connectivity index (χ1v) is 3.87. The summed E-state index contributed by atoms with van der Waals surface area (Å²) >= 11 is 15.3. The molecule has 1 aliphatic rings. The van der Waals surface area contributed by atoms with E-state index in [4.69, 9.17) is 34.8 Å². The van der Waals surface area contributed by atoms with Gasteiger partial charge < -0.3 is 0 Å². The maximum Gasteiger partial charge on any atom is 0.282 e. The van der Waals surface area contributed by atoms with Crippen LogP contribution in [0.2, 0.25) is 0 Å². The fraction of sp³-hybridized carbons (Fsp3) is 0.800. The Kier molecular flexibility index (Phi) is 2.11. The molecule has 1 saturated carbocycles. The second kappa shape index (κ2) is 2.44. The molecular formula is C5H3Cl3F2O. The number of carbonyl (C=O) groups is 1. The van der Waals surface area contributed by atoms with Crippen LogP contribution in [0.3, 0.4) is 0 Å². The summed E-state index contributed by atoms with van der Waals surface area (Å²) in [6, 6.07) is 0. The highest BCUT2D eigenvalue weighted by Crippen LogP contribution is 2.59. The van der Waals surface area contributed by atoms with Gasteiger partial charge in [0.05, 0.1) is 5.92 Å². The van der Waals surface area contributed by atoms with Crippen LogP contribution in [-0.2, 0) is 4.79 Å². The molecule has 0 aliphatic heterocycles. The largest absolute Gasteiger partial charge is 0.282 e. The van der Waals surface area contributed by atoms with Crippen molar-refractivity contribution in [1.82, 2.24) is 0 Å². The van der Waals surface area contributed by atoms with Crippen LogP contribution in [0.4, 0.5) is 8.78 Å². The van der Waals surface area contributed by atoms with E-state index in [1.807, 2.05) is 0 Å². The third-order valence-corrected chi connectivity index (χ3v) is 3.00. The summed E-state index contributed by atoms with van der Waals surface area (Å²) in [4.78, 5) is 10.4. The molecule has 0 radical (unpaired) electrons. The van der Waals surface area contributed by atoms with Gasteiger partial charge in [0.2, 0.25) is 5.24 Å². The number of rotatable bonds is 1. The minimum absolute atomic E-state index is 0.664. The molecule has 0 bridgehead atoms. The van der Waals surface area contributed by atoms with Crippen molar-refractivity contribution in [1.29, 1.82) is 0 Å². The number of hydrogen-bond acceptors (Lipinski definition) is 1. The fourth-order valence-electron chi connectivity index (χ4n) is 0.867. The molecule has 0 aromatic carbocycles. The van der Waals surface area contributed by atoms with Crippen molar-refractivity contribution in [3.63, 3.8) is 0 Å². The molecule has 0 saturated heterocycles. The smallest absolute Gasteiger partial charge is 0.281 e. The molecular weight excluding hydrogens is 220 g/mol. The summed E-state index contributed by atoms with van der Waals surface area (Å²) in [6.07, 6.45) is -0.664. The Bertz CT molecular complexity index is 204. The van der Waals surface area contributed by atoms with Crippen LogP contribution in [0.25, 0.3) is 0 Å². The molecule has 1 unspecified atom stereocenters. The van der Waals surface area contributed by atoms with E-state index in [1.165, 1.54) is 0 Å². The van der Waals surface area contributed by atoms with Crippen LogP contribution in [0.1, 0.15) is 6.42 Å². The summed E-state index contributed by atoms with van der Waals surface area (Å²) < 4.78 is 22.6. The molecule has 6 heteroatoms. The zero-order valence-electron chi connectivity index (χ0n) is 5.08. The lowest BCUT2D eigenvalue weighted by atomic mass is 9.81. The highest BCUT2D eigenvalue weighted by Gasteiger charge is 2.69. The standard InChI is InChI=1S/C5H3Cl3F2O/c6-3(11)2-1-4(9,10)5(2,7)8/h2H,1H2. The lowest BCUT2D eigenvalue weighted by Gasteiger charge is -2.44. The number of hydrogen-bond donors (Lipinski definition) is 0. The molecule has 0 heterocycles. The van der Waals surface area contributed by atoms with Crippen molar-refractivity contribution in [2.75, 3.05) is 0 Å². The summed E-state index contributed by atoms with van der Waals surface area (Å²) in [5, 5.41) is -0.916. The molecule has 1 fully saturated rings. The second-order valence-corrected chi connectivity index (χ2v) is 4.15. The first-order chi connectivity index (χ1) is 4.79. The van der Waals surface area contributed by atoms with E-state index in [-0.39, 0.29) is 0 Å². The third kappa shape index (κ3) is 1.23. The van der Waals surface area contributed by atoms with E-state index in [1.54, 1.807) is 0 Å². The summed E-state index contributed by atoms with van der Waals surface area (Å²) in [5.41, 5.74) is 0. The molecule has 0 amide bonds. The van der Waals surface area contributed by atoms with E-state index in [2.05, 4.69) is 0 Å². The van der Waals surface area contributed by atoms with Gasteiger partial charge in [0.25, 0.3) is 5.92 Å². The molecule has 0 spiro atoms. The summed E-state index contributed by atoms with van der Waals surface area (Å²) in [7, 11) is 0. The van der Waals surface area contributed by atoms with Crippen molar-refractivity contribution in [2.24, 2.45) is 5.92 Å². The van der Waals surface area contributed by atoms with Crippen molar-refractivity contribution < 1.29 is 13.6 Å². The van der Waals surface area contributed by atoms with E-state index in [9.17, 15) is 13.6 Å². The van der Waals surface area contributed by atoms with Gasteiger partial charge in [-0.1, -0.05) is 23.2 Å². The molecule has 64 valence electrons. The Morgan fingerprint density at radius 3 is 2.00 bits per heavy atom. The van der Waals surface area contributed by atoms with Crippen molar-refractivity contribution in [3.05, 3.63) is 0 Å². The fourth-order valence-corrected chi connectivity index (χ4v) is 1.73. The first-order valence-electron chi connectivity index (χ1n) is 2.74. The van der Waals surface area contributed by atoms with Crippen LogP contribution in [0, 0.1) is 5.92 Å². The maximum atomic E-state index is 12.5. The lowest BCUT2D eigenvalue weighted by Crippen LogP contribution is -2.59. The molecule has 1 aliphatic carbocycles. The Balaban J connectivity index is 2.77. The maximum absolute atomic E-state index is 12.5. The van der Waals surface area contributed by atoms with Gasteiger partial charge in [-0.2, -0.15) is 0 Å². The van der Waals surface area contributed by atoms with Crippen LogP contribution >= 0.6 is 34.8 Å². The van der Waals surface area contributed by atoms with Gasteiger partial charge in [-0.3, -0.25) is 4.79 Å². The van der Waals surface area contributed by atoms with Gasteiger partial charge >= 0.3 is 0 Å². The Morgan fingerprint density at radius 1 is 1.45 bits per heavy atom. The highest BCUT2D eigenvalue weighted by molar-refractivity contribution is 6.66. The van der Waals surface area contributed by atoms with Crippen molar-refractivity contribution in [3.8, 4) is 0 Å². The van der Waals surface area contributed by atoms with E-state index >= 15 is 0 Å². The van der Waals surface area contributed by atoms with Crippen LogP contribution in [0.15, 0.2) is 0 Å². The van der Waals surface area contributed by atoms with Crippen LogP contribution in [0.5, 0.6) is 0 Å². The predicted molar refractivity (Wildman–Crippen MR) is 38.4 cm³/mol. The molecule has 0 aromatic heterocycles. The van der Waals surface area contributed by atoms with E-state index in [0.29, 0.717) is 0 Å². The van der Waals surface area contributed by atoms with Gasteiger partial charge in [0.15, 0.2) is 4.33 Å². The molecule has 1 rings (SSSR count). The summed E-state index contributed by atoms with van der Waals surface area (Å²) in [6.45, 7) is 0. The quantitative estimate of drug-likeness (QED) is 0.493. The Morgan fingerprint density at radius 2 is 1.91 bits per heavy atom. The van der Waals surface area contributed by atoms with Crippen LogP contribution < -0.4 is 0 Å². The number of halogens is 5. The van der Waals surface area contributed by atoms with Crippen molar-refractivity contribution in [2.45, 2.75) is 16.7 Å². The third-order valence-electron chi connectivity index (χ3n) is 1.66. The molecule has 0 N–H and O–H groups in total. The SMILES string of the molecule is O=C(Cl)C1CC(F)(F)C1(Cl)Cl. The van der Waals surface area contributed by atoms with Gasteiger partial charge in [0.1, 0.15) is 0 Å². The van der Waals surface area contributed by atoms with Crippen LogP contribution in [-0.4, -0.2) is 15.5 Å². The summed E-state index contributed by atoms with van der Waals surface area (Å²) in [5.74, 6) is -4.35. The average molecular weight is 223 g/mol.